The fraction of sp³-hybridized carbons (Fsp3) is 0.217. The van der Waals surface area contributed by atoms with Crippen molar-refractivity contribution in [1.82, 2.24) is 15.4 Å². The Balaban J connectivity index is 1.38. The number of rotatable bonds is 4. The molecule has 2 amide bonds. The van der Waals surface area contributed by atoms with Crippen molar-refractivity contribution < 1.29 is 9.59 Å². The van der Waals surface area contributed by atoms with Crippen molar-refractivity contribution in [3.63, 3.8) is 0 Å². The molecule has 0 atom stereocenters. The molecule has 0 spiro atoms. The van der Waals surface area contributed by atoms with Crippen LogP contribution >= 0.6 is 0 Å². The second-order valence-electron chi connectivity index (χ2n) is 7.25. The molecule has 2 aromatic carbocycles. The zero-order chi connectivity index (χ0) is 20.2. The molecule has 6 heteroatoms. The summed E-state index contributed by atoms with van der Waals surface area (Å²) in [5, 5.41) is 0. The Labute approximate surface area is 170 Å². The Hall–Kier alpha value is -3.54. The van der Waals surface area contributed by atoms with Gasteiger partial charge in [0.2, 0.25) is 0 Å². The third-order valence-electron chi connectivity index (χ3n) is 5.21. The van der Waals surface area contributed by atoms with Gasteiger partial charge in [-0.15, -0.1) is 0 Å². The molecule has 1 aliphatic heterocycles. The third-order valence-corrected chi connectivity index (χ3v) is 5.21. The number of hydrogen-bond acceptors (Lipinski definition) is 3. The number of aryl methyl sites for hydroxylation is 2. The number of nitrogens with zero attached hydrogens (tertiary/aromatic N) is 2. The van der Waals surface area contributed by atoms with Crippen LogP contribution in [0.5, 0.6) is 0 Å². The lowest BCUT2D eigenvalue weighted by Crippen LogP contribution is -2.47. The number of anilines is 1. The fourth-order valence-electron chi connectivity index (χ4n) is 3.71. The van der Waals surface area contributed by atoms with E-state index in [4.69, 9.17) is 0 Å². The molecule has 0 saturated heterocycles. The minimum atomic E-state index is -0.342. The topological polar surface area (TPSA) is 66.4 Å². The van der Waals surface area contributed by atoms with Crippen molar-refractivity contribution in [3.05, 3.63) is 83.7 Å². The summed E-state index contributed by atoms with van der Waals surface area (Å²) in [6, 6.07) is 17.5. The Morgan fingerprint density at radius 3 is 2.59 bits per heavy atom. The predicted molar refractivity (Wildman–Crippen MR) is 113 cm³/mol. The van der Waals surface area contributed by atoms with Gasteiger partial charge in [0.25, 0.3) is 11.8 Å². The summed E-state index contributed by atoms with van der Waals surface area (Å²) in [7, 11) is 0. The number of nitrogens with one attached hydrogen (secondary N) is 2. The van der Waals surface area contributed by atoms with Crippen LogP contribution in [0.15, 0.2) is 67.0 Å². The van der Waals surface area contributed by atoms with Gasteiger partial charge in [0.15, 0.2) is 0 Å². The van der Waals surface area contributed by atoms with Gasteiger partial charge in [-0.1, -0.05) is 24.3 Å². The van der Waals surface area contributed by atoms with Crippen molar-refractivity contribution in [3.8, 4) is 5.69 Å². The van der Waals surface area contributed by atoms with Crippen LogP contribution in [0.25, 0.3) is 5.69 Å². The average molecular weight is 388 g/mol. The van der Waals surface area contributed by atoms with Crippen LogP contribution in [0.2, 0.25) is 0 Å². The largest absolute Gasteiger partial charge is 0.362 e. The number of para-hydroxylation sites is 1. The lowest BCUT2D eigenvalue weighted by molar-refractivity contribution is -0.120. The minimum Gasteiger partial charge on any atom is -0.362 e. The quantitative estimate of drug-likeness (QED) is 0.676. The predicted octanol–water partition coefficient (Wildman–Crippen LogP) is 3.00. The summed E-state index contributed by atoms with van der Waals surface area (Å²) >= 11 is 0. The van der Waals surface area contributed by atoms with Crippen LogP contribution in [-0.2, 0) is 11.2 Å². The molecule has 3 aromatic rings. The van der Waals surface area contributed by atoms with E-state index in [2.05, 4.69) is 21.8 Å². The Morgan fingerprint density at radius 1 is 0.966 bits per heavy atom. The fourth-order valence-corrected chi connectivity index (χ4v) is 3.71. The van der Waals surface area contributed by atoms with E-state index in [-0.39, 0.29) is 18.4 Å². The van der Waals surface area contributed by atoms with E-state index in [0.717, 1.165) is 36.3 Å². The summed E-state index contributed by atoms with van der Waals surface area (Å²) in [5.41, 5.74) is 9.90. The molecule has 1 aliphatic rings. The summed E-state index contributed by atoms with van der Waals surface area (Å²) in [6.45, 7) is 3.03. The van der Waals surface area contributed by atoms with E-state index < -0.39 is 0 Å². The molecule has 1 aromatic heterocycles. The maximum Gasteiger partial charge on any atom is 0.269 e. The van der Waals surface area contributed by atoms with Gasteiger partial charge in [-0.05, 0) is 61.2 Å². The second kappa shape index (κ2) is 8.22. The lowest BCUT2D eigenvalue weighted by Gasteiger charge is -2.30. The Bertz CT molecular complexity index is 1030. The highest BCUT2D eigenvalue weighted by atomic mass is 16.2. The molecule has 0 saturated carbocycles. The molecule has 29 heavy (non-hydrogen) atoms. The normalized spacial score (nSPS) is 12.9. The van der Waals surface area contributed by atoms with Crippen LogP contribution in [-0.4, -0.2) is 29.5 Å². The van der Waals surface area contributed by atoms with Gasteiger partial charge in [0, 0.05) is 35.9 Å². The molecule has 2 heterocycles. The highest BCUT2D eigenvalue weighted by Crippen LogP contribution is 2.26. The van der Waals surface area contributed by atoms with Crippen molar-refractivity contribution in [2.75, 3.05) is 18.0 Å². The molecule has 148 valence electrons. The number of fused-ring (bicyclic) bond motifs is 1. The Morgan fingerprint density at radius 2 is 1.76 bits per heavy atom. The summed E-state index contributed by atoms with van der Waals surface area (Å²) in [6.07, 6.45) is 5.91. The first kappa shape index (κ1) is 18.8. The maximum absolute atomic E-state index is 12.5. The van der Waals surface area contributed by atoms with E-state index in [9.17, 15) is 9.59 Å². The Kier molecular flexibility index (Phi) is 5.33. The molecular formula is C23H24N4O2. The second-order valence-corrected chi connectivity index (χ2v) is 7.25. The number of aromatic nitrogens is 1. The van der Waals surface area contributed by atoms with Gasteiger partial charge in [0.1, 0.15) is 0 Å². The SMILES string of the molecule is Cc1ccc(C(=O)NNC(=O)CN2CCCc3ccccc32)cc1-n1cccc1. The zero-order valence-electron chi connectivity index (χ0n) is 16.4. The van der Waals surface area contributed by atoms with Crippen molar-refractivity contribution in [2.24, 2.45) is 0 Å². The minimum absolute atomic E-state index is 0.208. The van der Waals surface area contributed by atoms with Crippen molar-refractivity contribution in [2.45, 2.75) is 19.8 Å². The van der Waals surface area contributed by atoms with Crippen molar-refractivity contribution >= 4 is 17.5 Å². The van der Waals surface area contributed by atoms with Crippen LogP contribution in [0.1, 0.15) is 27.9 Å². The van der Waals surface area contributed by atoms with E-state index >= 15 is 0 Å². The third kappa shape index (κ3) is 4.16. The molecule has 0 unspecified atom stereocenters. The van der Waals surface area contributed by atoms with Gasteiger partial charge in [0.05, 0.1) is 6.54 Å². The molecular weight excluding hydrogens is 364 g/mol. The molecule has 0 fully saturated rings. The maximum atomic E-state index is 12.5. The first-order chi connectivity index (χ1) is 14.1. The number of benzene rings is 2. The smallest absolute Gasteiger partial charge is 0.269 e. The van der Waals surface area contributed by atoms with E-state index in [1.165, 1.54) is 5.56 Å². The summed E-state index contributed by atoms with van der Waals surface area (Å²) < 4.78 is 1.96. The van der Waals surface area contributed by atoms with E-state index in [1.54, 1.807) is 6.07 Å². The molecule has 4 rings (SSSR count). The molecule has 2 N–H and O–H groups in total. The molecule has 0 aliphatic carbocycles. The van der Waals surface area contributed by atoms with E-state index in [0.29, 0.717) is 5.56 Å². The molecule has 6 nitrogen and oxygen atoms in total. The van der Waals surface area contributed by atoms with Gasteiger partial charge in [-0.25, -0.2) is 0 Å². The van der Waals surface area contributed by atoms with Crippen LogP contribution in [0, 0.1) is 6.92 Å². The number of hydrazine groups is 1. The van der Waals surface area contributed by atoms with Crippen LogP contribution in [0.3, 0.4) is 0 Å². The zero-order valence-corrected chi connectivity index (χ0v) is 16.4. The summed E-state index contributed by atoms with van der Waals surface area (Å²) in [4.78, 5) is 27.0. The number of carbonyl (C=O) groups is 2. The van der Waals surface area contributed by atoms with Gasteiger partial charge in [-0.3, -0.25) is 20.4 Å². The number of hydrogen-bond donors (Lipinski definition) is 2. The lowest BCUT2D eigenvalue weighted by atomic mass is 10.0. The van der Waals surface area contributed by atoms with E-state index in [1.807, 2.05) is 66.3 Å². The highest BCUT2D eigenvalue weighted by Gasteiger charge is 2.19. The molecule has 0 radical (unpaired) electrons. The number of carbonyl (C=O) groups excluding carboxylic acids is 2. The monoisotopic (exact) mass is 388 g/mol. The average Bonchev–Trinajstić information content (AvgIpc) is 3.27. The van der Waals surface area contributed by atoms with Crippen molar-refractivity contribution in [1.29, 1.82) is 0 Å². The van der Waals surface area contributed by atoms with Gasteiger partial charge >= 0.3 is 0 Å². The van der Waals surface area contributed by atoms with Crippen LogP contribution < -0.4 is 15.8 Å². The molecule has 0 bridgehead atoms. The van der Waals surface area contributed by atoms with Gasteiger partial charge in [-0.2, -0.15) is 0 Å². The van der Waals surface area contributed by atoms with Crippen LogP contribution in [0.4, 0.5) is 5.69 Å². The highest BCUT2D eigenvalue weighted by molar-refractivity contribution is 5.96. The first-order valence-corrected chi connectivity index (χ1v) is 9.78. The van der Waals surface area contributed by atoms with Gasteiger partial charge < -0.3 is 9.47 Å². The summed E-state index contributed by atoms with van der Waals surface area (Å²) in [5.74, 6) is -0.585. The first-order valence-electron chi connectivity index (χ1n) is 9.78. The number of amides is 2. The standard InChI is InChI=1S/C23H24N4O2/c1-17-10-11-19(15-21(17)26-12-4-5-13-26)23(29)25-24-22(28)16-27-14-6-8-18-7-2-3-9-20(18)27/h2-5,7,9-13,15H,6,8,14,16H2,1H3,(H,24,28)(H,25,29).